The van der Waals surface area contributed by atoms with Crippen molar-refractivity contribution in [3.63, 3.8) is 0 Å². The van der Waals surface area contributed by atoms with Gasteiger partial charge in [0, 0.05) is 6.20 Å². The second kappa shape index (κ2) is 6.33. The molecule has 0 bridgehead atoms. The summed E-state index contributed by atoms with van der Waals surface area (Å²) in [5, 5.41) is 0. The normalized spacial score (nSPS) is 10.1. The number of H-pyrrole nitrogens is 1. The number of carbonyl (C=O) groups excluding carboxylic acids is 2. The zero-order valence-corrected chi connectivity index (χ0v) is 11.8. The van der Waals surface area contributed by atoms with Gasteiger partial charge in [-0.25, -0.2) is 4.39 Å². The molecule has 0 unspecified atom stereocenters. The van der Waals surface area contributed by atoms with Gasteiger partial charge in [0.2, 0.25) is 5.91 Å². The van der Waals surface area contributed by atoms with Gasteiger partial charge in [-0.3, -0.25) is 20.4 Å². The molecule has 1 aromatic heterocycles. The summed E-state index contributed by atoms with van der Waals surface area (Å²) in [4.78, 5) is 25.9. The van der Waals surface area contributed by atoms with Crippen LogP contribution >= 0.6 is 15.9 Å². The molecule has 5 nitrogen and oxygen atoms in total. The van der Waals surface area contributed by atoms with Crippen molar-refractivity contribution in [2.45, 2.75) is 6.42 Å². The van der Waals surface area contributed by atoms with Crippen LogP contribution in [0.15, 0.2) is 41.0 Å². The van der Waals surface area contributed by atoms with E-state index in [9.17, 15) is 14.0 Å². The average molecular weight is 340 g/mol. The number of benzene rings is 1. The molecule has 0 atom stereocenters. The fourth-order valence-corrected chi connectivity index (χ4v) is 1.97. The Hall–Kier alpha value is -2.15. The summed E-state index contributed by atoms with van der Waals surface area (Å²) in [6.45, 7) is 0. The summed E-state index contributed by atoms with van der Waals surface area (Å²) in [7, 11) is 0. The highest BCUT2D eigenvalue weighted by Gasteiger charge is 2.09. The topological polar surface area (TPSA) is 74.0 Å². The van der Waals surface area contributed by atoms with Crippen molar-refractivity contribution in [1.29, 1.82) is 0 Å². The molecule has 7 heteroatoms. The zero-order chi connectivity index (χ0) is 14.5. The molecule has 1 heterocycles. The lowest BCUT2D eigenvalue weighted by atomic mass is 10.1. The number of halogens is 2. The molecule has 0 saturated heterocycles. The fraction of sp³-hybridized carbons (Fsp3) is 0.0769. The highest BCUT2D eigenvalue weighted by Crippen LogP contribution is 2.16. The van der Waals surface area contributed by atoms with Gasteiger partial charge in [-0.05, 0) is 45.8 Å². The van der Waals surface area contributed by atoms with E-state index in [1.807, 2.05) is 0 Å². The van der Waals surface area contributed by atoms with Gasteiger partial charge in [0.25, 0.3) is 5.91 Å². The Labute approximate surface area is 122 Å². The summed E-state index contributed by atoms with van der Waals surface area (Å²) < 4.78 is 13.3. The molecule has 0 aliphatic heterocycles. The number of rotatable bonds is 3. The highest BCUT2D eigenvalue weighted by atomic mass is 79.9. The summed E-state index contributed by atoms with van der Waals surface area (Å²) in [5.41, 5.74) is 5.53. The Morgan fingerprint density at radius 2 is 2.05 bits per heavy atom. The largest absolute Gasteiger partial charge is 0.357 e. The summed E-state index contributed by atoms with van der Waals surface area (Å²) in [6, 6.07) is 7.55. The van der Waals surface area contributed by atoms with E-state index in [1.54, 1.807) is 18.3 Å². The Morgan fingerprint density at radius 1 is 1.25 bits per heavy atom. The van der Waals surface area contributed by atoms with Gasteiger partial charge in [0.15, 0.2) is 0 Å². The molecular formula is C13H11BrFN3O2. The highest BCUT2D eigenvalue weighted by molar-refractivity contribution is 9.10. The van der Waals surface area contributed by atoms with E-state index < -0.39 is 17.6 Å². The molecule has 0 aliphatic carbocycles. The van der Waals surface area contributed by atoms with Crippen LogP contribution in [0.1, 0.15) is 16.1 Å². The molecule has 2 aromatic rings. The number of aromatic nitrogens is 1. The van der Waals surface area contributed by atoms with E-state index >= 15 is 0 Å². The fourth-order valence-electron chi connectivity index (χ4n) is 1.54. The zero-order valence-electron chi connectivity index (χ0n) is 10.2. The monoisotopic (exact) mass is 339 g/mol. The molecule has 3 N–H and O–H groups in total. The van der Waals surface area contributed by atoms with Gasteiger partial charge in [0.05, 0.1) is 10.9 Å². The smallest absolute Gasteiger partial charge is 0.286 e. The van der Waals surface area contributed by atoms with Crippen LogP contribution in [0.4, 0.5) is 4.39 Å². The van der Waals surface area contributed by atoms with E-state index in [-0.39, 0.29) is 6.42 Å². The molecule has 0 fully saturated rings. The number of hydrogen-bond acceptors (Lipinski definition) is 2. The number of hydrogen-bond donors (Lipinski definition) is 3. The van der Waals surface area contributed by atoms with E-state index in [0.717, 1.165) is 0 Å². The van der Waals surface area contributed by atoms with Crippen molar-refractivity contribution in [3.8, 4) is 0 Å². The maximum atomic E-state index is 13.0. The number of amides is 2. The number of aromatic amines is 1. The Kier molecular flexibility index (Phi) is 4.52. The molecule has 20 heavy (non-hydrogen) atoms. The van der Waals surface area contributed by atoms with E-state index in [1.165, 1.54) is 18.2 Å². The van der Waals surface area contributed by atoms with Crippen molar-refractivity contribution in [1.82, 2.24) is 15.8 Å². The van der Waals surface area contributed by atoms with Crippen LogP contribution in [0.25, 0.3) is 0 Å². The molecule has 2 rings (SSSR count). The molecule has 104 valence electrons. The first-order valence-corrected chi connectivity index (χ1v) is 6.52. The predicted molar refractivity (Wildman–Crippen MR) is 74.2 cm³/mol. The Bertz CT molecular complexity index is 629. The quantitative estimate of drug-likeness (QED) is 0.747. The maximum Gasteiger partial charge on any atom is 0.286 e. The van der Waals surface area contributed by atoms with Gasteiger partial charge >= 0.3 is 0 Å². The second-order valence-electron chi connectivity index (χ2n) is 4.01. The average Bonchev–Trinajstić information content (AvgIpc) is 2.94. The standard InChI is InChI=1S/C13H11BrFN3O2/c14-9-6-8(3-4-10(9)15)7-12(19)17-18-13(20)11-2-1-5-16-11/h1-6,16H,7H2,(H,17,19)(H,18,20). The van der Waals surface area contributed by atoms with Gasteiger partial charge < -0.3 is 4.98 Å². The summed E-state index contributed by atoms with van der Waals surface area (Å²) in [6.07, 6.45) is 1.64. The lowest BCUT2D eigenvalue weighted by Gasteiger charge is -2.07. The van der Waals surface area contributed by atoms with Crippen LogP contribution in [0.3, 0.4) is 0 Å². The van der Waals surface area contributed by atoms with E-state index in [2.05, 4.69) is 31.8 Å². The van der Waals surface area contributed by atoms with Crippen molar-refractivity contribution >= 4 is 27.7 Å². The van der Waals surface area contributed by atoms with Gasteiger partial charge in [-0.1, -0.05) is 6.07 Å². The van der Waals surface area contributed by atoms with Crippen LogP contribution in [-0.2, 0) is 11.2 Å². The van der Waals surface area contributed by atoms with Crippen molar-refractivity contribution in [2.24, 2.45) is 0 Å². The molecule has 0 spiro atoms. The predicted octanol–water partition coefficient (Wildman–Crippen LogP) is 1.92. The Morgan fingerprint density at radius 3 is 2.70 bits per heavy atom. The minimum Gasteiger partial charge on any atom is -0.357 e. The van der Waals surface area contributed by atoms with Gasteiger partial charge in [-0.15, -0.1) is 0 Å². The summed E-state index contributed by atoms with van der Waals surface area (Å²) in [5.74, 6) is -1.23. The third-order valence-corrected chi connectivity index (χ3v) is 3.11. The first-order chi connectivity index (χ1) is 9.56. The maximum absolute atomic E-state index is 13.0. The van der Waals surface area contributed by atoms with Crippen molar-refractivity contribution < 1.29 is 14.0 Å². The van der Waals surface area contributed by atoms with Crippen LogP contribution in [0, 0.1) is 5.82 Å². The third-order valence-electron chi connectivity index (χ3n) is 2.51. The van der Waals surface area contributed by atoms with Crippen molar-refractivity contribution in [3.05, 3.63) is 58.1 Å². The van der Waals surface area contributed by atoms with Gasteiger partial charge in [0.1, 0.15) is 11.5 Å². The van der Waals surface area contributed by atoms with Crippen LogP contribution in [0.2, 0.25) is 0 Å². The summed E-state index contributed by atoms with van der Waals surface area (Å²) >= 11 is 3.04. The number of nitrogens with one attached hydrogen (secondary N) is 3. The minimum absolute atomic E-state index is 0.0316. The van der Waals surface area contributed by atoms with Gasteiger partial charge in [-0.2, -0.15) is 0 Å². The molecule has 0 aliphatic rings. The number of carbonyl (C=O) groups is 2. The lowest BCUT2D eigenvalue weighted by molar-refractivity contribution is -0.121. The molecular weight excluding hydrogens is 329 g/mol. The molecule has 0 radical (unpaired) electrons. The van der Waals surface area contributed by atoms with E-state index in [0.29, 0.717) is 15.7 Å². The van der Waals surface area contributed by atoms with Crippen LogP contribution < -0.4 is 10.9 Å². The first kappa shape index (κ1) is 14.3. The molecule has 2 amide bonds. The third kappa shape index (κ3) is 3.67. The molecule has 0 saturated carbocycles. The SMILES string of the molecule is O=C(Cc1ccc(F)c(Br)c1)NNC(=O)c1ccc[nH]1. The van der Waals surface area contributed by atoms with Crippen molar-refractivity contribution in [2.75, 3.05) is 0 Å². The number of hydrazine groups is 1. The molecule has 1 aromatic carbocycles. The second-order valence-corrected chi connectivity index (χ2v) is 4.87. The Balaban J connectivity index is 1.86. The first-order valence-electron chi connectivity index (χ1n) is 5.73. The minimum atomic E-state index is -0.441. The van der Waals surface area contributed by atoms with Crippen LogP contribution in [0.5, 0.6) is 0 Å². The lowest BCUT2D eigenvalue weighted by Crippen LogP contribution is -2.42. The van der Waals surface area contributed by atoms with Crippen LogP contribution in [-0.4, -0.2) is 16.8 Å². The van der Waals surface area contributed by atoms with E-state index in [4.69, 9.17) is 0 Å².